The molecule has 1 saturated heterocycles. The predicted octanol–water partition coefficient (Wildman–Crippen LogP) is 2.75. The molecule has 29 heavy (non-hydrogen) atoms. The van der Waals surface area contributed by atoms with Crippen LogP contribution in [-0.4, -0.2) is 58.1 Å². The van der Waals surface area contributed by atoms with Crippen molar-refractivity contribution in [3.8, 4) is 11.4 Å². The maximum absolute atomic E-state index is 12.0. The predicted molar refractivity (Wildman–Crippen MR) is 112 cm³/mol. The van der Waals surface area contributed by atoms with Crippen LogP contribution in [0.25, 0.3) is 22.3 Å². The van der Waals surface area contributed by atoms with Crippen molar-refractivity contribution < 1.29 is 9.53 Å². The Balaban J connectivity index is 1.68. The number of carbonyl (C=O) groups excluding carboxylic acids is 1. The summed E-state index contributed by atoms with van der Waals surface area (Å²) in [5.41, 5.74) is 4.20. The van der Waals surface area contributed by atoms with Crippen LogP contribution in [0.4, 0.5) is 5.82 Å². The van der Waals surface area contributed by atoms with E-state index in [-0.39, 0.29) is 11.9 Å². The minimum Gasteiger partial charge on any atom is -0.377 e. The molecular formula is C22H25N5O2. The van der Waals surface area contributed by atoms with Gasteiger partial charge in [-0.3, -0.25) is 4.79 Å². The molecule has 1 fully saturated rings. The summed E-state index contributed by atoms with van der Waals surface area (Å²) in [6.07, 6.45) is 2.72. The Morgan fingerprint density at radius 3 is 2.97 bits per heavy atom. The molecule has 0 aliphatic carbocycles. The lowest BCUT2D eigenvalue weighted by molar-refractivity contribution is -0.129. The number of benzene rings is 1. The van der Waals surface area contributed by atoms with Crippen LogP contribution >= 0.6 is 0 Å². The molecular weight excluding hydrogens is 366 g/mol. The summed E-state index contributed by atoms with van der Waals surface area (Å²) in [5.74, 6) is 1.80. The van der Waals surface area contributed by atoms with Crippen LogP contribution in [0.3, 0.4) is 0 Å². The number of morpholine rings is 1. The first-order valence-corrected chi connectivity index (χ1v) is 10.2. The Hall–Kier alpha value is -2.93. The molecule has 1 amide bonds. The van der Waals surface area contributed by atoms with Gasteiger partial charge in [0.1, 0.15) is 5.82 Å². The van der Waals surface area contributed by atoms with Crippen molar-refractivity contribution in [1.29, 1.82) is 0 Å². The van der Waals surface area contributed by atoms with Gasteiger partial charge in [0.05, 0.1) is 31.5 Å². The topological polar surface area (TPSA) is 74.4 Å². The summed E-state index contributed by atoms with van der Waals surface area (Å²) in [7, 11) is 0. The maximum Gasteiger partial charge on any atom is 0.219 e. The number of ether oxygens (including phenoxy) is 1. The van der Waals surface area contributed by atoms with E-state index in [9.17, 15) is 4.79 Å². The number of nitrogens with zero attached hydrogens (tertiary/aromatic N) is 4. The molecule has 2 aliphatic rings. The van der Waals surface area contributed by atoms with E-state index in [1.807, 2.05) is 17.2 Å². The average molecular weight is 391 g/mol. The van der Waals surface area contributed by atoms with E-state index in [2.05, 4.69) is 35.0 Å². The maximum atomic E-state index is 12.0. The number of hydrogen-bond acceptors (Lipinski definition) is 5. The fourth-order valence-electron chi connectivity index (χ4n) is 4.36. The normalized spacial score (nSPS) is 19.4. The molecule has 2 aromatic heterocycles. The first-order chi connectivity index (χ1) is 14.1. The second kappa shape index (κ2) is 7.15. The van der Waals surface area contributed by atoms with Gasteiger partial charge in [0.15, 0.2) is 5.82 Å². The van der Waals surface area contributed by atoms with Crippen LogP contribution in [-0.2, 0) is 22.5 Å². The fourth-order valence-corrected chi connectivity index (χ4v) is 4.36. The molecule has 5 rings (SSSR count). The molecule has 0 radical (unpaired) electrons. The van der Waals surface area contributed by atoms with Gasteiger partial charge in [-0.1, -0.05) is 12.1 Å². The molecule has 1 atom stereocenters. The van der Waals surface area contributed by atoms with Crippen LogP contribution in [0.1, 0.15) is 25.1 Å². The van der Waals surface area contributed by atoms with Crippen molar-refractivity contribution in [1.82, 2.24) is 19.9 Å². The quantitative estimate of drug-likeness (QED) is 0.727. The summed E-state index contributed by atoms with van der Waals surface area (Å²) in [4.78, 5) is 29.5. The van der Waals surface area contributed by atoms with Crippen molar-refractivity contribution in [3.63, 3.8) is 0 Å². The molecule has 1 aromatic carbocycles. The van der Waals surface area contributed by atoms with Gasteiger partial charge < -0.3 is 19.5 Å². The molecule has 0 unspecified atom stereocenters. The van der Waals surface area contributed by atoms with Crippen molar-refractivity contribution in [2.24, 2.45) is 0 Å². The highest BCUT2D eigenvalue weighted by atomic mass is 16.5. The van der Waals surface area contributed by atoms with Gasteiger partial charge in [-0.15, -0.1) is 0 Å². The summed E-state index contributed by atoms with van der Waals surface area (Å²) in [6, 6.07) is 8.46. The number of nitrogens with one attached hydrogen (secondary N) is 1. The van der Waals surface area contributed by atoms with Crippen LogP contribution in [0.2, 0.25) is 0 Å². The van der Waals surface area contributed by atoms with Gasteiger partial charge in [0.2, 0.25) is 5.91 Å². The van der Waals surface area contributed by atoms with Gasteiger partial charge >= 0.3 is 0 Å². The first kappa shape index (κ1) is 18.1. The number of hydrogen-bond donors (Lipinski definition) is 1. The lowest BCUT2D eigenvalue weighted by Gasteiger charge is -2.37. The Morgan fingerprint density at radius 1 is 1.24 bits per heavy atom. The third kappa shape index (κ3) is 3.15. The lowest BCUT2D eigenvalue weighted by Crippen LogP contribution is -2.45. The van der Waals surface area contributed by atoms with Crippen molar-refractivity contribution in [3.05, 3.63) is 41.7 Å². The Morgan fingerprint density at radius 2 is 2.14 bits per heavy atom. The SMILES string of the molecule is CC(=O)N1CCc2c(nc(-c3cccc4[nH]ccc34)nc2N2CCOC[C@H]2C)C1. The first-order valence-electron chi connectivity index (χ1n) is 10.2. The van der Waals surface area contributed by atoms with Crippen molar-refractivity contribution in [2.75, 3.05) is 31.2 Å². The Labute approximate surface area is 169 Å². The van der Waals surface area contributed by atoms with Crippen LogP contribution in [0, 0.1) is 0 Å². The van der Waals surface area contributed by atoms with E-state index in [1.54, 1.807) is 6.92 Å². The monoisotopic (exact) mass is 391 g/mol. The smallest absolute Gasteiger partial charge is 0.219 e. The molecule has 0 bridgehead atoms. The number of carbonyl (C=O) groups is 1. The van der Waals surface area contributed by atoms with E-state index in [0.717, 1.165) is 40.9 Å². The summed E-state index contributed by atoms with van der Waals surface area (Å²) in [5, 5.41) is 1.10. The second-order valence-corrected chi connectivity index (χ2v) is 7.85. The molecule has 0 spiro atoms. The Bertz CT molecular complexity index is 1080. The molecule has 1 N–H and O–H groups in total. The van der Waals surface area contributed by atoms with Crippen LogP contribution in [0.15, 0.2) is 30.5 Å². The van der Waals surface area contributed by atoms with Crippen molar-refractivity contribution >= 4 is 22.6 Å². The second-order valence-electron chi connectivity index (χ2n) is 7.85. The van der Waals surface area contributed by atoms with E-state index in [0.29, 0.717) is 32.1 Å². The summed E-state index contributed by atoms with van der Waals surface area (Å²) < 4.78 is 5.65. The lowest BCUT2D eigenvalue weighted by atomic mass is 10.0. The third-order valence-electron chi connectivity index (χ3n) is 5.96. The highest BCUT2D eigenvalue weighted by molar-refractivity contribution is 5.93. The van der Waals surface area contributed by atoms with E-state index < -0.39 is 0 Å². The van der Waals surface area contributed by atoms with Crippen LogP contribution in [0.5, 0.6) is 0 Å². The zero-order chi connectivity index (χ0) is 20.0. The average Bonchev–Trinajstić information content (AvgIpc) is 3.22. The summed E-state index contributed by atoms with van der Waals surface area (Å²) in [6.45, 7) is 7.25. The highest BCUT2D eigenvalue weighted by Crippen LogP contribution is 2.33. The number of anilines is 1. The minimum absolute atomic E-state index is 0.0878. The molecule has 3 aromatic rings. The van der Waals surface area contributed by atoms with Crippen LogP contribution < -0.4 is 4.90 Å². The molecule has 4 heterocycles. The number of fused-ring (bicyclic) bond motifs is 2. The minimum atomic E-state index is 0.0878. The molecule has 0 saturated carbocycles. The van der Waals surface area contributed by atoms with Gasteiger partial charge in [0.25, 0.3) is 0 Å². The fraction of sp³-hybridized carbons (Fsp3) is 0.409. The number of rotatable bonds is 2. The standard InChI is InChI=1S/C22H25N5O2/c1-14-13-29-11-10-27(14)22-18-7-9-26(15(2)28)12-20(18)24-21(25-22)17-4-3-5-19-16(17)6-8-23-19/h3-6,8,14,23H,7,9-13H2,1-2H3/t14-/m1/s1. The molecule has 7 heteroatoms. The third-order valence-corrected chi connectivity index (χ3v) is 5.96. The van der Waals surface area contributed by atoms with Gasteiger partial charge in [-0.25, -0.2) is 9.97 Å². The number of H-pyrrole nitrogens is 1. The molecule has 150 valence electrons. The van der Waals surface area contributed by atoms with Crippen molar-refractivity contribution in [2.45, 2.75) is 32.9 Å². The molecule has 2 aliphatic heterocycles. The zero-order valence-electron chi connectivity index (χ0n) is 16.8. The van der Waals surface area contributed by atoms with Gasteiger partial charge in [-0.2, -0.15) is 0 Å². The highest BCUT2D eigenvalue weighted by Gasteiger charge is 2.29. The summed E-state index contributed by atoms with van der Waals surface area (Å²) >= 11 is 0. The van der Waals surface area contributed by atoms with E-state index >= 15 is 0 Å². The van der Waals surface area contributed by atoms with Gasteiger partial charge in [-0.05, 0) is 25.5 Å². The zero-order valence-corrected chi connectivity index (χ0v) is 16.8. The number of amides is 1. The number of aromatic amines is 1. The van der Waals surface area contributed by atoms with E-state index in [4.69, 9.17) is 14.7 Å². The van der Waals surface area contributed by atoms with E-state index in [1.165, 1.54) is 5.56 Å². The Kier molecular flexibility index (Phi) is 4.47. The largest absolute Gasteiger partial charge is 0.377 e. The molecule has 7 nitrogen and oxygen atoms in total. The number of aromatic nitrogens is 3. The van der Waals surface area contributed by atoms with Gasteiger partial charge in [0, 0.05) is 48.2 Å².